The van der Waals surface area contributed by atoms with E-state index in [-0.39, 0.29) is 11.3 Å². The van der Waals surface area contributed by atoms with Crippen LogP contribution in [0, 0.1) is 0 Å². The van der Waals surface area contributed by atoms with E-state index in [1.165, 1.54) is 19.3 Å². The van der Waals surface area contributed by atoms with Crippen LogP contribution in [0.25, 0.3) is 0 Å². The van der Waals surface area contributed by atoms with Gasteiger partial charge in [0.15, 0.2) is 0 Å². The highest BCUT2D eigenvalue weighted by Gasteiger charge is 2.04. The molecule has 0 bridgehead atoms. The van der Waals surface area contributed by atoms with Crippen molar-refractivity contribution in [2.75, 3.05) is 6.61 Å². The normalized spacial score (nSPS) is 12.5. The fourth-order valence-corrected chi connectivity index (χ4v) is 1.22. The van der Waals surface area contributed by atoms with Crippen LogP contribution in [0.1, 0.15) is 52.4 Å². The van der Waals surface area contributed by atoms with E-state index >= 15 is 0 Å². The zero-order valence-electron chi connectivity index (χ0n) is 9.22. The second-order valence-corrected chi connectivity index (χ2v) is 4.37. The van der Waals surface area contributed by atoms with Gasteiger partial charge in [-0.15, -0.1) is 11.6 Å². The molecule has 14 heavy (non-hydrogen) atoms. The van der Waals surface area contributed by atoms with Crippen LogP contribution in [0.3, 0.4) is 0 Å². The molecule has 0 fully saturated rings. The molecule has 0 N–H and O–H groups in total. The molecule has 1 unspecified atom stereocenters. The van der Waals surface area contributed by atoms with Crippen LogP contribution in [0.5, 0.6) is 0 Å². The molecule has 0 aromatic carbocycles. The maximum atomic E-state index is 11.1. The molecule has 1 atom stereocenters. The zero-order valence-corrected chi connectivity index (χ0v) is 9.98. The molecule has 0 heterocycles. The van der Waals surface area contributed by atoms with Crippen LogP contribution in [-0.2, 0) is 9.53 Å². The molecule has 84 valence electrons. The summed E-state index contributed by atoms with van der Waals surface area (Å²) >= 11 is 5.65. The maximum absolute atomic E-state index is 11.1. The summed E-state index contributed by atoms with van der Waals surface area (Å²) in [4.78, 5) is 11.1. The van der Waals surface area contributed by atoms with E-state index in [1.807, 2.05) is 6.92 Å². The minimum atomic E-state index is -0.117. The molecule has 0 aliphatic heterocycles. The highest BCUT2D eigenvalue weighted by molar-refractivity contribution is 6.20. The lowest BCUT2D eigenvalue weighted by Gasteiger charge is -2.05. The van der Waals surface area contributed by atoms with Crippen LogP contribution >= 0.6 is 11.6 Å². The first-order valence-corrected chi connectivity index (χ1v) is 5.90. The molecular formula is C11H21ClO2. The smallest absolute Gasteiger partial charge is 0.305 e. The first-order chi connectivity index (χ1) is 6.66. The van der Waals surface area contributed by atoms with Crippen molar-refractivity contribution in [1.82, 2.24) is 0 Å². The third-order valence-electron chi connectivity index (χ3n) is 1.96. The standard InChI is InChI=1S/C11H21ClO2/c1-3-4-5-6-7-8-11(13)14-9-10(2)12/h10H,3-9H2,1-2H3. The van der Waals surface area contributed by atoms with Crippen LogP contribution < -0.4 is 0 Å². The highest BCUT2D eigenvalue weighted by atomic mass is 35.5. The number of alkyl halides is 1. The van der Waals surface area contributed by atoms with Crippen molar-refractivity contribution in [2.45, 2.75) is 57.7 Å². The minimum Gasteiger partial charge on any atom is -0.464 e. The quantitative estimate of drug-likeness (QED) is 0.356. The third-order valence-corrected chi connectivity index (χ3v) is 2.08. The molecular weight excluding hydrogens is 200 g/mol. The van der Waals surface area contributed by atoms with Crippen molar-refractivity contribution >= 4 is 17.6 Å². The monoisotopic (exact) mass is 220 g/mol. The lowest BCUT2D eigenvalue weighted by Crippen LogP contribution is -2.11. The van der Waals surface area contributed by atoms with Gasteiger partial charge in [-0.2, -0.15) is 0 Å². The van der Waals surface area contributed by atoms with Crippen molar-refractivity contribution in [3.8, 4) is 0 Å². The summed E-state index contributed by atoms with van der Waals surface area (Å²) in [6.45, 7) is 4.32. The number of hydrogen-bond acceptors (Lipinski definition) is 2. The summed E-state index contributed by atoms with van der Waals surface area (Å²) in [5, 5.41) is -0.0842. The van der Waals surface area contributed by atoms with Gasteiger partial charge >= 0.3 is 5.97 Å². The molecule has 0 aromatic heterocycles. The van der Waals surface area contributed by atoms with E-state index in [0.29, 0.717) is 13.0 Å². The molecule has 3 heteroatoms. The lowest BCUT2D eigenvalue weighted by atomic mass is 10.1. The Morgan fingerprint density at radius 3 is 2.50 bits per heavy atom. The summed E-state index contributed by atoms with van der Waals surface area (Å²) in [5.41, 5.74) is 0. The molecule has 2 nitrogen and oxygen atoms in total. The van der Waals surface area contributed by atoms with Gasteiger partial charge in [-0.3, -0.25) is 4.79 Å². The summed E-state index contributed by atoms with van der Waals surface area (Å²) in [7, 11) is 0. The summed E-state index contributed by atoms with van der Waals surface area (Å²) < 4.78 is 4.94. The largest absolute Gasteiger partial charge is 0.464 e. The second-order valence-electron chi connectivity index (χ2n) is 3.63. The van der Waals surface area contributed by atoms with Gasteiger partial charge in [-0.1, -0.05) is 32.6 Å². The molecule has 0 radical (unpaired) electrons. The number of carbonyl (C=O) groups is 1. The van der Waals surface area contributed by atoms with E-state index in [4.69, 9.17) is 16.3 Å². The Balaban J connectivity index is 3.18. The molecule has 0 aliphatic rings. The highest BCUT2D eigenvalue weighted by Crippen LogP contribution is 2.06. The summed E-state index contributed by atoms with van der Waals surface area (Å²) in [6, 6.07) is 0. The van der Waals surface area contributed by atoms with Crippen LogP contribution in [0.2, 0.25) is 0 Å². The fourth-order valence-electron chi connectivity index (χ4n) is 1.15. The molecule has 0 spiro atoms. The van der Waals surface area contributed by atoms with Crippen molar-refractivity contribution in [2.24, 2.45) is 0 Å². The van der Waals surface area contributed by atoms with E-state index < -0.39 is 0 Å². The van der Waals surface area contributed by atoms with Crippen molar-refractivity contribution in [1.29, 1.82) is 0 Å². The van der Waals surface area contributed by atoms with Gasteiger partial charge < -0.3 is 4.74 Å². The van der Waals surface area contributed by atoms with Gasteiger partial charge in [0.1, 0.15) is 6.61 Å². The molecule has 0 saturated carbocycles. The Labute approximate surface area is 92.0 Å². The van der Waals surface area contributed by atoms with Crippen LogP contribution in [0.4, 0.5) is 0 Å². The molecule has 0 aliphatic carbocycles. The third kappa shape index (κ3) is 9.85. The first kappa shape index (κ1) is 13.8. The predicted octanol–water partition coefficient (Wildman–Crippen LogP) is 3.52. The zero-order chi connectivity index (χ0) is 10.8. The van der Waals surface area contributed by atoms with E-state index in [1.54, 1.807) is 0 Å². The van der Waals surface area contributed by atoms with Gasteiger partial charge in [0.2, 0.25) is 0 Å². The lowest BCUT2D eigenvalue weighted by molar-refractivity contribution is -0.143. The molecule has 0 saturated heterocycles. The number of rotatable bonds is 8. The molecule has 0 amide bonds. The Morgan fingerprint density at radius 2 is 1.93 bits per heavy atom. The fraction of sp³-hybridized carbons (Fsp3) is 0.909. The topological polar surface area (TPSA) is 26.3 Å². The first-order valence-electron chi connectivity index (χ1n) is 5.46. The number of unbranched alkanes of at least 4 members (excludes halogenated alkanes) is 4. The number of hydrogen-bond donors (Lipinski definition) is 0. The Hall–Kier alpha value is -0.240. The van der Waals surface area contributed by atoms with Gasteiger partial charge in [-0.05, 0) is 13.3 Å². The number of ether oxygens (including phenoxy) is 1. The van der Waals surface area contributed by atoms with Crippen LogP contribution in [-0.4, -0.2) is 18.0 Å². The maximum Gasteiger partial charge on any atom is 0.305 e. The molecule has 0 aromatic rings. The van der Waals surface area contributed by atoms with Gasteiger partial charge in [0.05, 0.1) is 5.38 Å². The van der Waals surface area contributed by atoms with Gasteiger partial charge in [0.25, 0.3) is 0 Å². The number of carbonyl (C=O) groups excluding carboxylic acids is 1. The number of halogens is 1. The van der Waals surface area contributed by atoms with Crippen LogP contribution in [0.15, 0.2) is 0 Å². The second kappa shape index (κ2) is 9.32. The molecule has 0 rings (SSSR count). The Kier molecular flexibility index (Phi) is 9.16. The average molecular weight is 221 g/mol. The van der Waals surface area contributed by atoms with Crippen molar-refractivity contribution in [3.05, 3.63) is 0 Å². The van der Waals surface area contributed by atoms with Crippen molar-refractivity contribution in [3.63, 3.8) is 0 Å². The number of esters is 1. The summed E-state index contributed by atoms with van der Waals surface area (Å²) in [6.07, 6.45) is 6.31. The van der Waals surface area contributed by atoms with E-state index in [9.17, 15) is 4.79 Å². The average Bonchev–Trinajstić information content (AvgIpc) is 2.14. The predicted molar refractivity (Wildman–Crippen MR) is 59.7 cm³/mol. The SMILES string of the molecule is CCCCCCCC(=O)OCC(C)Cl. The van der Waals surface area contributed by atoms with Crippen molar-refractivity contribution < 1.29 is 9.53 Å². The van der Waals surface area contributed by atoms with Gasteiger partial charge in [0, 0.05) is 6.42 Å². The Bertz CT molecular complexity index is 146. The van der Waals surface area contributed by atoms with E-state index in [2.05, 4.69) is 6.92 Å². The van der Waals surface area contributed by atoms with Gasteiger partial charge in [-0.25, -0.2) is 0 Å². The van der Waals surface area contributed by atoms with E-state index in [0.717, 1.165) is 12.8 Å². The minimum absolute atomic E-state index is 0.0842. The summed E-state index contributed by atoms with van der Waals surface area (Å²) in [5.74, 6) is -0.117. The Morgan fingerprint density at radius 1 is 1.29 bits per heavy atom.